The van der Waals surface area contributed by atoms with E-state index in [-0.39, 0.29) is 6.42 Å². The van der Waals surface area contributed by atoms with E-state index < -0.39 is 5.97 Å². The van der Waals surface area contributed by atoms with Crippen LogP contribution in [0.15, 0.2) is 52.3 Å². The lowest BCUT2D eigenvalue weighted by Gasteiger charge is -2.17. The van der Waals surface area contributed by atoms with Crippen LogP contribution >= 0.6 is 35.1 Å². The van der Waals surface area contributed by atoms with Gasteiger partial charge >= 0.3 is 0 Å². The van der Waals surface area contributed by atoms with Gasteiger partial charge in [-0.1, -0.05) is 41.6 Å². The molecule has 0 aromatic heterocycles. The predicted octanol–water partition coefficient (Wildman–Crippen LogP) is 4.35. The maximum Gasteiger partial charge on any atom is 0.0414 e. The molecule has 0 spiro atoms. The Balaban J connectivity index is 1.83. The van der Waals surface area contributed by atoms with E-state index in [0.29, 0.717) is 11.7 Å². The van der Waals surface area contributed by atoms with Crippen LogP contribution in [0.25, 0.3) is 0 Å². The summed E-state index contributed by atoms with van der Waals surface area (Å²) in [5, 5.41) is 11.6. The fourth-order valence-corrected chi connectivity index (χ4v) is 5.33. The van der Waals surface area contributed by atoms with Crippen molar-refractivity contribution in [1.82, 2.24) is 0 Å². The normalized spacial score (nSPS) is 16.3. The fourth-order valence-electron chi connectivity index (χ4n) is 2.67. The van der Waals surface area contributed by atoms with Crippen molar-refractivity contribution in [3.63, 3.8) is 0 Å². The molecular weight excluding hydrogens is 348 g/mol. The van der Waals surface area contributed by atoms with Gasteiger partial charge in [-0.25, -0.2) is 0 Å². The molecule has 120 valence electrons. The number of thioether (sulfide) groups is 1. The minimum Gasteiger partial charge on any atom is -0.550 e. The molecule has 0 saturated heterocycles. The van der Waals surface area contributed by atoms with Crippen molar-refractivity contribution in [2.45, 2.75) is 34.3 Å². The molecule has 0 bridgehead atoms. The molecule has 0 fully saturated rings. The number of hydrogen-bond donors (Lipinski definition) is 0. The summed E-state index contributed by atoms with van der Waals surface area (Å²) in [7, 11) is 0. The molecule has 1 atom stereocenters. The lowest BCUT2D eigenvalue weighted by molar-refractivity contribution is -0.305. The lowest BCUT2D eigenvalue weighted by Crippen LogP contribution is -2.21. The maximum absolute atomic E-state index is 10.6. The molecule has 5 heteroatoms. The first kappa shape index (κ1) is 16.7. The first-order valence-electron chi connectivity index (χ1n) is 7.50. The third-order valence-corrected chi connectivity index (χ3v) is 6.55. The van der Waals surface area contributed by atoms with Crippen LogP contribution in [0.4, 0.5) is 0 Å². The minimum atomic E-state index is -0.973. The number of carboxylic acids is 1. The molecule has 0 unspecified atom stereocenters. The Labute approximate surface area is 149 Å². The van der Waals surface area contributed by atoms with Crippen molar-refractivity contribution in [3.8, 4) is 0 Å². The Bertz CT molecular complexity index is 718. The van der Waals surface area contributed by atoms with Crippen molar-refractivity contribution in [3.05, 3.63) is 58.6 Å². The van der Waals surface area contributed by atoms with Gasteiger partial charge in [0.05, 0.1) is 0 Å². The summed E-state index contributed by atoms with van der Waals surface area (Å²) < 4.78 is 0. The van der Waals surface area contributed by atoms with E-state index in [1.54, 1.807) is 11.8 Å². The molecule has 2 aromatic rings. The first-order chi connectivity index (χ1) is 11.1. The highest BCUT2D eigenvalue weighted by Gasteiger charge is 2.22. The summed E-state index contributed by atoms with van der Waals surface area (Å²) >= 11 is 9.76. The van der Waals surface area contributed by atoms with E-state index in [1.165, 1.54) is 20.9 Å². The zero-order valence-corrected chi connectivity index (χ0v) is 14.8. The van der Waals surface area contributed by atoms with Gasteiger partial charge in [0.25, 0.3) is 0 Å². The van der Waals surface area contributed by atoms with Crippen LogP contribution in [-0.2, 0) is 11.2 Å². The molecule has 2 nitrogen and oxygen atoms in total. The lowest BCUT2D eigenvalue weighted by atomic mass is 10.0. The Hall–Kier alpha value is -1.10. The highest BCUT2D eigenvalue weighted by atomic mass is 35.5. The molecule has 0 radical (unpaired) electrons. The summed E-state index contributed by atoms with van der Waals surface area (Å²) in [4.78, 5) is 13.1. The van der Waals surface area contributed by atoms with Crippen molar-refractivity contribution in [2.24, 2.45) is 0 Å². The van der Waals surface area contributed by atoms with Gasteiger partial charge in [-0.05, 0) is 60.4 Å². The molecule has 0 saturated carbocycles. The third-order valence-electron chi connectivity index (χ3n) is 3.76. The van der Waals surface area contributed by atoms with Gasteiger partial charge in [-0.3, -0.25) is 0 Å². The molecule has 3 rings (SSSR count). The van der Waals surface area contributed by atoms with Gasteiger partial charge in [-0.2, -0.15) is 11.8 Å². The highest BCUT2D eigenvalue weighted by Crippen LogP contribution is 2.46. The highest BCUT2D eigenvalue weighted by molar-refractivity contribution is 8.00. The number of carbonyl (C=O) groups excluding carboxylic acids is 1. The van der Waals surface area contributed by atoms with E-state index in [1.807, 2.05) is 23.9 Å². The average molecular weight is 364 g/mol. The summed E-state index contributed by atoms with van der Waals surface area (Å²) in [6.07, 6.45) is 1.68. The van der Waals surface area contributed by atoms with Crippen LogP contribution in [0.5, 0.6) is 0 Å². The number of carboxylic acid groups (broad SMARTS) is 1. The molecule has 1 aliphatic rings. The van der Waals surface area contributed by atoms with Crippen molar-refractivity contribution < 1.29 is 9.90 Å². The van der Waals surface area contributed by atoms with E-state index in [4.69, 9.17) is 11.6 Å². The standard InChI is InChI=1S/C18H17ClO2S2/c19-13-7-8-15-12(10-13)11-17(22-9-3-6-18(20)21)14-4-1-2-5-16(14)23-15/h1-2,4-5,7-8,10,17H,3,6,9,11H2,(H,20,21)/p-1/t17-/m1/s1. The second kappa shape index (κ2) is 7.65. The molecular formula is C18H16ClO2S2-. The maximum atomic E-state index is 10.6. The molecule has 1 aliphatic heterocycles. The van der Waals surface area contributed by atoms with Crippen LogP contribution in [0.2, 0.25) is 5.02 Å². The first-order valence-corrected chi connectivity index (χ1v) is 9.74. The Morgan fingerprint density at radius 3 is 2.91 bits per heavy atom. The molecule has 23 heavy (non-hydrogen) atoms. The number of hydrogen-bond acceptors (Lipinski definition) is 4. The molecule has 0 amide bonds. The van der Waals surface area contributed by atoms with Gasteiger partial charge in [0.2, 0.25) is 0 Å². The van der Waals surface area contributed by atoms with Crippen molar-refractivity contribution in [2.75, 3.05) is 5.75 Å². The molecule has 1 heterocycles. The molecule has 0 aliphatic carbocycles. The van der Waals surface area contributed by atoms with Crippen molar-refractivity contribution >= 4 is 41.1 Å². The zero-order valence-electron chi connectivity index (χ0n) is 12.5. The Morgan fingerprint density at radius 1 is 1.26 bits per heavy atom. The second-order valence-corrected chi connectivity index (χ2v) is 8.26. The number of rotatable bonds is 5. The van der Waals surface area contributed by atoms with E-state index in [0.717, 1.165) is 17.2 Å². The smallest absolute Gasteiger partial charge is 0.0414 e. The van der Waals surface area contributed by atoms with Crippen LogP contribution in [0.1, 0.15) is 29.2 Å². The van der Waals surface area contributed by atoms with Gasteiger partial charge in [0.15, 0.2) is 0 Å². The van der Waals surface area contributed by atoms with E-state index >= 15 is 0 Å². The van der Waals surface area contributed by atoms with Gasteiger partial charge in [0.1, 0.15) is 0 Å². The van der Waals surface area contributed by atoms with E-state index in [9.17, 15) is 9.90 Å². The van der Waals surface area contributed by atoms with Crippen LogP contribution in [0.3, 0.4) is 0 Å². The second-order valence-electron chi connectivity index (χ2n) is 5.43. The fraction of sp³-hybridized carbons (Fsp3) is 0.278. The third kappa shape index (κ3) is 4.25. The van der Waals surface area contributed by atoms with Gasteiger partial charge in [-0.15, -0.1) is 0 Å². The van der Waals surface area contributed by atoms with Gasteiger partial charge < -0.3 is 9.90 Å². The number of carbonyl (C=O) groups is 1. The summed E-state index contributed by atoms with van der Waals surface area (Å²) in [5.74, 6) is -0.160. The van der Waals surface area contributed by atoms with Crippen LogP contribution < -0.4 is 5.11 Å². The topological polar surface area (TPSA) is 40.1 Å². The van der Waals surface area contributed by atoms with Crippen LogP contribution in [0, 0.1) is 0 Å². The quantitative estimate of drug-likeness (QED) is 0.740. The SMILES string of the molecule is O=C([O-])CCCS[C@@H]1Cc2cc(Cl)ccc2Sc2ccccc21. The summed E-state index contributed by atoms with van der Waals surface area (Å²) in [5.41, 5.74) is 2.58. The molecule has 0 N–H and O–H groups in total. The zero-order chi connectivity index (χ0) is 16.2. The summed E-state index contributed by atoms with van der Waals surface area (Å²) in [6.45, 7) is 0. The summed E-state index contributed by atoms with van der Waals surface area (Å²) in [6, 6.07) is 14.5. The average Bonchev–Trinajstić information content (AvgIpc) is 2.68. The van der Waals surface area contributed by atoms with Crippen LogP contribution in [-0.4, -0.2) is 11.7 Å². The number of halogens is 1. The van der Waals surface area contributed by atoms with Gasteiger partial charge in [0, 0.05) is 26.0 Å². The number of fused-ring (bicyclic) bond motifs is 2. The number of benzene rings is 2. The predicted molar refractivity (Wildman–Crippen MR) is 95.2 cm³/mol. The van der Waals surface area contributed by atoms with E-state index in [2.05, 4.69) is 30.3 Å². The number of aliphatic carboxylic acids is 1. The minimum absolute atomic E-state index is 0.124. The Kier molecular flexibility index (Phi) is 5.57. The van der Waals surface area contributed by atoms with Crippen molar-refractivity contribution in [1.29, 1.82) is 0 Å². The Morgan fingerprint density at radius 2 is 2.09 bits per heavy atom. The monoisotopic (exact) mass is 363 g/mol. The molecule has 2 aromatic carbocycles. The largest absolute Gasteiger partial charge is 0.550 e.